The van der Waals surface area contributed by atoms with E-state index in [4.69, 9.17) is 9.72 Å². The van der Waals surface area contributed by atoms with E-state index >= 15 is 0 Å². The van der Waals surface area contributed by atoms with E-state index in [2.05, 4.69) is 16.4 Å². The normalized spacial score (nSPS) is 19.6. The van der Waals surface area contributed by atoms with Crippen LogP contribution in [0.5, 0.6) is 5.75 Å². The molecule has 1 aromatic carbocycles. The summed E-state index contributed by atoms with van der Waals surface area (Å²) in [5.74, 6) is 2.98. The third kappa shape index (κ3) is 4.24. The third-order valence-electron chi connectivity index (χ3n) is 6.70. The molecule has 1 saturated carbocycles. The Morgan fingerprint density at radius 1 is 1.07 bits per heavy atom. The zero-order valence-electron chi connectivity index (χ0n) is 18.0. The Balaban J connectivity index is 1.15. The van der Waals surface area contributed by atoms with Crippen molar-refractivity contribution < 1.29 is 9.53 Å². The van der Waals surface area contributed by atoms with Gasteiger partial charge in [0.2, 0.25) is 0 Å². The van der Waals surface area contributed by atoms with Crippen molar-refractivity contribution >= 4 is 5.91 Å². The van der Waals surface area contributed by atoms with Crippen LogP contribution in [-0.2, 0) is 19.5 Å². The average molecular weight is 409 g/mol. The van der Waals surface area contributed by atoms with Crippen LogP contribution in [0.1, 0.15) is 53.3 Å². The molecule has 0 N–H and O–H groups in total. The lowest BCUT2D eigenvalue weighted by molar-refractivity contribution is 0.0625. The van der Waals surface area contributed by atoms with E-state index in [0.717, 1.165) is 69.5 Å². The van der Waals surface area contributed by atoms with E-state index in [0.29, 0.717) is 0 Å². The third-order valence-corrected chi connectivity index (χ3v) is 6.70. The van der Waals surface area contributed by atoms with Crippen molar-refractivity contribution in [2.24, 2.45) is 5.92 Å². The summed E-state index contributed by atoms with van der Waals surface area (Å²) in [5, 5.41) is 0. The quantitative estimate of drug-likeness (QED) is 0.736. The molecule has 1 amide bonds. The Kier molecular flexibility index (Phi) is 5.50. The highest BCUT2D eigenvalue weighted by Crippen LogP contribution is 2.29. The largest absolute Gasteiger partial charge is 0.493 e. The summed E-state index contributed by atoms with van der Waals surface area (Å²) in [6.07, 6.45) is 6.18. The Labute approximate surface area is 178 Å². The molecule has 6 nitrogen and oxygen atoms in total. The zero-order valence-corrected chi connectivity index (χ0v) is 18.0. The van der Waals surface area contributed by atoms with Crippen LogP contribution >= 0.6 is 0 Å². The lowest BCUT2D eigenvalue weighted by atomic mass is 10.1. The van der Waals surface area contributed by atoms with Crippen molar-refractivity contribution in [3.8, 4) is 5.75 Å². The van der Waals surface area contributed by atoms with Gasteiger partial charge in [0.05, 0.1) is 18.0 Å². The number of imidazole rings is 1. The first-order valence-electron chi connectivity index (χ1n) is 11.5. The van der Waals surface area contributed by atoms with Crippen molar-refractivity contribution in [2.45, 2.75) is 52.1 Å². The van der Waals surface area contributed by atoms with Crippen molar-refractivity contribution in [2.75, 3.05) is 32.8 Å². The van der Waals surface area contributed by atoms with Gasteiger partial charge in [-0.3, -0.25) is 9.69 Å². The Bertz CT molecular complexity index is 893. The molecule has 1 saturated heterocycles. The van der Waals surface area contributed by atoms with Gasteiger partial charge >= 0.3 is 0 Å². The van der Waals surface area contributed by atoms with Gasteiger partial charge in [0.1, 0.15) is 11.6 Å². The minimum absolute atomic E-state index is 0.126. The van der Waals surface area contributed by atoms with E-state index in [9.17, 15) is 4.79 Å². The van der Waals surface area contributed by atoms with Gasteiger partial charge in [-0.1, -0.05) is 0 Å². The van der Waals surface area contributed by atoms with Crippen LogP contribution in [0.3, 0.4) is 0 Å². The number of carbonyl (C=O) groups is 1. The maximum atomic E-state index is 12.9. The topological polar surface area (TPSA) is 50.6 Å². The molecule has 0 bridgehead atoms. The van der Waals surface area contributed by atoms with Crippen molar-refractivity contribution in [1.82, 2.24) is 19.4 Å². The SMILES string of the molecule is Cc1nc2n(c1CN1CCN(C(=O)c3ccc(OCC4CC4)cc3)CC1)CCCC2. The number of fused-ring (bicyclic) bond motifs is 1. The summed E-state index contributed by atoms with van der Waals surface area (Å²) in [6.45, 7) is 8.35. The molecule has 2 aromatic rings. The minimum atomic E-state index is 0.126. The molecule has 3 aliphatic rings. The predicted molar refractivity (Wildman–Crippen MR) is 116 cm³/mol. The molecule has 1 aliphatic carbocycles. The van der Waals surface area contributed by atoms with Gasteiger partial charge in [0.25, 0.3) is 5.91 Å². The lowest BCUT2D eigenvalue weighted by Gasteiger charge is -2.35. The number of carbonyl (C=O) groups excluding carboxylic acids is 1. The fourth-order valence-electron chi connectivity index (χ4n) is 4.57. The van der Waals surface area contributed by atoms with Crippen LogP contribution in [0.4, 0.5) is 0 Å². The number of aryl methyl sites for hydroxylation is 2. The average Bonchev–Trinajstić information content (AvgIpc) is 3.56. The van der Waals surface area contributed by atoms with Gasteiger partial charge in [0, 0.05) is 51.3 Å². The molecule has 6 heteroatoms. The summed E-state index contributed by atoms with van der Waals surface area (Å²) < 4.78 is 8.22. The number of ether oxygens (including phenoxy) is 1. The summed E-state index contributed by atoms with van der Waals surface area (Å²) in [4.78, 5) is 22.1. The van der Waals surface area contributed by atoms with Gasteiger partial charge in [-0.25, -0.2) is 4.98 Å². The molecule has 2 aliphatic heterocycles. The van der Waals surface area contributed by atoms with E-state index < -0.39 is 0 Å². The van der Waals surface area contributed by atoms with E-state index in [1.165, 1.54) is 42.9 Å². The molecular formula is C24H32N4O2. The minimum Gasteiger partial charge on any atom is -0.493 e. The van der Waals surface area contributed by atoms with E-state index in [1.807, 2.05) is 29.2 Å². The molecular weight excluding hydrogens is 376 g/mol. The van der Waals surface area contributed by atoms with Crippen LogP contribution in [-0.4, -0.2) is 58.0 Å². The Hall–Kier alpha value is -2.34. The highest BCUT2D eigenvalue weighted by Gasteiger charge is 2.25. The number of nitrogens with zero attached hydrogens (tertiary/aromatic N) is 4. The number of hydrogen-bond donors (Lipinski definition) is 0. The van der Waals surface area contributed by atoms with Crippen molar-refractivity contribution in [3.63, 3.8) is 0 Å². The Morgan fingerprint density at radius 2 is 1.83 bits per heavy atom. The second kappa shape index (κ2) is 8.42. The molecule has 160 valence electrons. The summed E-state index contributed by atoms with van der Waals surface area (Å²) in [7, 11) is 0. The number of rotatable bonds is 6. The summed E-state index contributed by atoms with van der Waals surface area (Å²) in [6, 6.07) is 7.66. The highest BCUT2D eigenvalue weighted by molar-refractivity contribution is 5.94. The number of amides is 1. The monoisotopic (exact) mass is 408 g/mol. The van der Waals surface area contributed by atoms with Gasteiger partial charge < -0.3 is 14.2 Å². The molecule has 2 fully saturated rings. The number of piperazine rings is 1. The first-order chi connectivity index (χ1) is 14.7. The molecule has 1 aromatic heterocycles. The van der Waals surface area contributed by atoms with Gasteiger partial charge in [-0.05, 0) is 62.8 Å². The molecule has 0 spiro atoms. The fourth-order valence-corrected chi connectivity index (χ4v) is 4.57. The first-order valence-corrected chi connectivity index (χ1v) is 11.5. The first kappa shape index (κ1) is 19.6. The van der Waals surface area contributed by atoms with E-state index in [1.54, 1.807) is 0 Å². The number of benzene rings is 1. The second-order valence-electron chi connectivity index (χ2n) is 9.02. The standard InChI is InChI=1S/C24H32N4O2/c1-18-22(28-11-3-2-4-23(28)25-18)16-26-12-14-27(15-13-26)24(29)20-7-9-21(10-8-20)30-17-19-5-6-19/h7-10,19H,2-6,11-17H2,1H3. The van der Waals surface area contributed by atoms with Crippen LogP contribution in [0.25, 0.3) is 0 Å². The summed E-state index contributed by atoms with van der Waals surface area (Å²) in [5.41, 5.74) is 3.29. The number of aromatic nitrogens is 2. The lowest BCUT2D eigenvalue weighted by Crippen LogP contribution is -2.48. The van der Waals surface area contributed by atoms with Gasteiger partial charge in [0.15, 0.2) is 0 Å². The fraction of sp³-hybridized carbons (Fsp3) is 0.583. The smallest absolute Gasteiger partial charge is 0.253 e. The Morgan fingerprint density at radius 3 is 2.57 bits per heavy atom. The molecule has 0 unspecified atom stereocenters. The molecule has 3 heterocycles. The zero-order chi connectivity index (χ0) is 20.5. The van der Waals surface area contributed by atoms with Crippen molar-refractivity contribution in [3.05, 3.63) is 47.0 Å². The maximum Gasteiger partial charge on any atom is 0.253 e. The van der Waals surface area contributed by atoms with Crippen LogP contribution in [0.2, 0.25) is 0 Å². The molecule has 0 radical (unpaired) electrons. The predicted octanol–water partition coefficient (Wildman–Crippen LogP) is 3.27. The molecule has 30 heavy (non-hydrogen) atoms. The van der Waals surface area contributed by atoms with Crippen LogP contribution in [0, 0.1) is 12.8 Å². The van der Waals surface area contributed by atoms with Crippen LogP contribution < -0.4 is 4.74 Å². The number of hydrogen-bond acceptors (Lipinski definition) is 4. The van der Waals surface area contributed by atoms with Gasteiger partial charge in [-0.2, -0.15) is 0 Å². The maximum absolute atomic E-state index is 12.9. The molecule has 0 atom stereocenters. The highest BCUT2D eigenvalue weighted by atomic mass is 16.5. The van der Waals surface area contributed by atoms with Gasteiger partial charge in [-0.15, -0.1) is 0 Å². The van der Waals surface area contributed by atoms with Crippen LogP contribution in [0.15, 0.2) is 24.3 Å². The molecule has 5 rings (SSSR count). The summed E-state index contributed by atoms with van der Waals surface area (Å²) >= 11 is 0. The van der Waals surface area contributed by atoms with E-state index in [-0.39, 0.29) is 5.91 Å². The second-order valence-corrected chi connectivity index (χ2v) is 9.02. The van der Waals surface area contributed by atoms with Crippen molar-refractivity contribution in [1.29, 1.82) is 0 Å².